The van der Waals surface area contributed by atoms with Gasteiger partial charge in [0.1, 0.15) is 11.5 Å². The Kier molecular flexibility index (Phi) is 4.26. The van der Waals surface area contributed by atoms with Gasteiger partial charge in [-0.15, -0.1) is 0 Å². The van der Waals surface area contributed by atoms with E-state index in [0.29, 0.717) is 0 Å². The quantitative estimate of drug-likeness (QED) is 0.700. The van der Waals surface area contributed by atoms with Crippen molar-refractivity contribution in [2.24, 2.45) is 0 Å². The fourth-order valence-corrected chi connectivity index (χ4v) is 2.40. The van der Waals surface area contributed by atoms with Gasteiger partial charge in [0.25, 0.3) is 0 Å². The van der Waals surface area contributed by atoms with Crippen LogP contribution < -0.4 is 5.32 Å². The van der Waals surface area contributed by atoms with Crippen LogP contribution in [-0.4, -0.2) is 16.8 Å². The summed E-state index contributed by atoms with van der Waals surface area (Å²) in [5, 5.41) is 22.3. The second kappa shape index (κ2) is 5.91. The zero-order valence-corrected chi connectivity index (χ0v) is 10.8. The second-order valence-corrected chi connectivity index (χ2v) is 4.96. The standard InChI is InChI=1S/C15H21NO2/c1-11(13-8-14(17)10-15(18)9-13)16-7-6-12-4-2-3-5-12/h4,8-11,16-18H,2-3,5-7H2,1H3. The number of allylic oxidation sites excluding steroid dienone is 1. The molecule has 1 aliphatic carbocycles. The van der Waals surface area contributed by atoms with E-state index in [-0.39, 0.29) is 17.5 Å². The molecule has 0 spiro atoms. The van der Waals surface area contributed by atoms with Gasteiger partial charge in [-0.25, -0.2) is 0 Å². The first-order chi connectivity index (χ1) is 8.65. The topological polar surface area (TPSA) is 52.5 Å². The van der Waals surface area contributed by atoms with Crippen LogP contribution in [0, 0.1) is 0 Å². The van der Waals surface area contributed by atoms with Crippen LogP contribution in [0.15, 0.2) is 29.8 Å². The van der Waals surface area contributed by atoms with Crippen LogP contribution in [0.5, 0.6) is 11.5 Å². The third kappa shape index (κ3) is 3.50. The molecule has 1 atom stereocenters. The molecule has 2 rings (SSSR count). The van der Waals surface area contributed by atoms with Crippen molar-refractivity contribution in [3.05, 3.63) is 35.4 Å². The van der Waals surface area contributed by atoms with E-state index in [9.17, 15) is 10.2 Å². The van der Waals surface area contributed by atoms with Gasteiger partial charge in [-0.1, -0.05) is 11.6 Å². The van der Waals surface area contributed by atoms with Crippen LogP contribution in [0.3, 0.4) is 0 Å². The predicted molar refractivity (Wildman–Crippen MR) is 72.7 cm³/mol. The third-order valence-electron chi connectivity index (χ3n) is 3.46. The molecule has 1 aliphatic rings. The molecule has 1 aromatic rings. The average Bonchev–Trinajstić information content (AvgIpc) is 2.80. The first-order valence-corrected chi connectivity index (χ1v) is 6.59. The first-order valence-electron chi connectivity index (χ1n) is 6.59. The molecule has 0 radical (unpaired) electrons. The highest BCUT2D eigenvalue weighted by molar-refractivity contribution is 5.37. The molecule has 1 unspecified atom stereocenters. The number of nitrogens with one attached hydrogen (secondary N) is 1. The smallest absolute Gasteiger partial charge is 0.119 e. The van der Waals surface area contributed by atoms with Gasteiger partial charge in [0, 0.05) is 12.1 Å². The van der Waals surface area contributed by atoms with Gasteiger partial charge < -0.3 is 15.5 Å². The Labute approximate surface area is 108 Å². The molecular formula is C15H21NO2. The van der Waals surface area contributed by atoms with Crippen LogP contribution in [0.1, 0.15) is 44.2 Å². The Balaban J connectivity index is 1.85. The highest BCUT2D eigenvalue weighted by Gasteiger charge is 2.09. The lowest BCUT2D eigenvalue weighted by Gasteiger charge is -2.15. The molecule has 98 valence electrons. The molecule has 1 aromatic carbocycles. The maximum Gasteiger partial charge on any atom is 0.119 e. The maximum absolute atomic E-state index is 9.44. The van der Waals surface area contributed by atoms with Crippen LogP contribution in [0.4, 0.5) is 0 Å². The summed E-state index contributed by atoms with van der Waals surface area (Å²) in [5.74, 6) is 0.217. The number of hydrogen-bond acceptors (Lipinski definition) is 3. The van der Waals surface area contributed by atoms with Gasteiger partial charge in [0.15, 0.2) is 0 Å². The van der Waals surface area contributed by atoms with Crippen LogP contribution in [0.25, 0.3) is 0 Å². The highest BCUT2D eigenvalue weighted by Crippen LogP contribution is 2.25. The molecule has 0 aromatic heterocycles. The Morgan fingerprint density at radius 2 is 1.94 bits per heavy atom. The maximum atomic E-state index is 9.44. The number of rotatable bonds is 5. The van der Waals surface area contributed by atoms with Gasteiger partial charge in [0.05, 0.1) is 0 Å². The summed E-state index contributed by atoms with van der Waals surface area (Å²) in [6.07, 6.45) is 7.20. The van der Waals surface area contributed by atoms with E-state index in [1.165, 1.54) is 25.3 Å². The van der Waals surface area contributed by atoms with E-state index < -0.39 is 0 Å². The Morgan fingerprint density at radius 1 is 1.22 bits per heavy atom. The summed E-state index contributed by atoms with van der Waals surface area (Å²) in [6.45, 7) is 2.97. The summed E-state index contributed by atoms with van der Waals surface area (Å²) < 4.78 is 0. The molecule has 0 aliphatic heterocycles. The minimum atomic E-state index is 0.108. The predicted octanol–water partition coefficient (Wildman–Crippen LogP) is 3.25. The van der Waals surface area contributed by atoms with Crippen molar-refractivity contribution in [3.8, 4) is 11.5 Å². The van der Waals surface area contributed by atoms with Crippen molar-refractivity contribution in [3.63, 3.8) is 0 Å². The number of phenolic OH excluding ortho intramolecular Hbond substituents is 2. The van der Waals surface area contributed by atoms with E-state index >= 15 is 0 Å². The lowest BCUT2D eigenvalue weighted by molar-refractivity contribution is 0.446. The molecule has 0 amide bonds. The van der Waals surface area contributed by atoms with Gasteiger partial charge in [0.2, 0.25) is 0 Å². The zero-order valence-electron chi connectivity index (χ0n) is 10.8. The average molecular weight is 247 g/mol. The summed E-state index contributed by atoms with van der Waals surface area (Å²) in [4.78, 5) is 0. The minimum absolute atomic E-state index is 0.108. The summed E-state index contributed by atoms with van der Waals surface area (Å²) >= 11 is 0. The van der Waals surface area contributed by atoms with Crippen LogP contribution in [0.2, 0.25) is 0 Å². The van der Waals surface area contributed by atoms with Crippen molar-refractivity contribution in [2.75, 3.05) is 6.54 Å². The summed E-state index contributed by atoms with van der Waals surface area (Å²) in [5.41, 5.74) is 2.46. The Morgan fingerprint density at radius 3 is 2.56 bits per heavy atom. The van der Waals surface area contributed by atoms with E-state index in [1.807, 2.05) is 6.92 Å². The molecule has 0 fully saturated rings. The minimum Gasteiger partial charge on any atom is -0.508 e. The third-order valence-corrected chi connectivity index (χ3v) is 3.46. The number of aromatic hydroxyl groups is 2. The Bertz CT molecular complexity index is 420. The van der Waals surface area contributed by atoms with Gasteiger partial charge in [-0.05, 0) is 56.8 Å². The zero-order chi connectivity index (χ0) is 13.0. The second-order valence-electron chi connectivity index (χ2n) is 4.96. The van der Waals surface area contributed by atoms with Gasteiger partial charge in [-0.3, -0.25) is 0 Å². The van der Waals surface area contributed by atoms with E-state index in [2.05, 4.69) is 11.4 Å². The SMILES string of the molecule is CC(NCCC1=CCCC1)c1cc(O)cc(O)c1. The van der Waals surface area contributed by atoms with Gasteiger partial charge in [-0.2, -0.15) is 0 Å². The fourth-order valence-electron chi connectivity index (χ4n) is 2.40. The molecule has 18 heavy (non-hydrogen) atoms. The number of benzene rings is 1. The normalized spacial score (nSPS) is 16.6. The molecule has 3 heteroatoms. The van der Waals surface area contributed by atoms with E-state index in [0.717, 1.165) is 18.5 Å². The van der Waals surface area contributed by atoms with Gasteiger partial charge >= 0.3 is 0 Å². The Hall–Kier alpha value is -1.48. The first kappa shape index (κ1) is 13.0. The number of phenols is 2. The van der Waals surface area contributed by atoms with Crippen LogP contribution >= 0.6 is 0 Å². The van der Waals surface area contributed by atoms with Crippen molar-refractivity contribution < 1.29 is 10.2 Å². The lowest BCUT2D eigenvalue weighted by Crippen LogP contribution is -2.20. The van der Waals surface area contributed by atoms with Crippen molar-refractivity contribution in [2.45, 2.75) is 38.6 Å². The molecule has 3 nitrogen and oxygen atoms in total. The molecule has 0 heterocycles. The van der Waals surface area contributed by atoms with Crippen LogP contribution in [-0.2, 0) is 0 Å². The number of hydrogen-bond donors (Lipinski definition) is 3. The van der Waals surface area contributed by atoms with E-state index in [1.54, 1.807) is 17.7 Å². The fraction of sp³-hybridized carbons (Fsp3) is 0.467. The lowest BCUT2D eigenvalue weighted by atomic mass is 10.1. The monoisotopic (exact) mass is 247 g/mol. The molecular weight excluding hydrogens is 226 g/mol. The molecule has 0 bridgehead atoms. The van der Waals surface area contributed by atoms with E-state index in [4.69, 9.17) is 0 Å². The summed E-state index contributed by atoms with van der Waals surface area (Å²) in [6, 6.07) is 4.85. The highest BCUT2D eigenvalue weighted by atomic mass is 16.3. The molecule has 0 saturated carbocycles. The largest absolute Gasteiger partial charge is 0.508 e. The molecule has 3 N–H and O–H groups in total. The molecule has 0 saturated heterocycles. The van der Waals surface area contributed by atoms with Crippen molar-refractivity contribution in [1.29, 1.82) is 0 Å². The summed E-state index contributed by atoms with van der Waals surface area (Å²) in [7, 11) is 0. The van der Waals surface area contributed by atoms with Crippen molar-refractivity contribution in [1.82, 2.24) is 5.32 Å². The van der Waals surface area contributed by atoms with Crippen molar-refractivity contribution >= 4 is 0 Å².